The molecule has 1 aliphatic heterocycles. The molecule has 3 amide bonds. The Morgan fingerprint density at radius 2 is 1.83 bits per heavy atom. The minimum atomic E-state index is -1.27. The zero-order chi connectivity index (χ0) is 21.3. The van der Waals surface area contributed by atoms with Gasteiger partial charge in [0.25, 0.3) is 5.91 Å². The number of hydrogen-bond donors (Lipinski definition) is 2. The number of ether oxygens (including phenoxy) is 3. The molecule has 1 aliphatic rings. The monoisotopic (exact) mass is 412 g/mol. The molecule has 3 rings (SSSR count). The molecule has 1 saturated heterocycles. The lowest BCUT2D eigenvalue weighted by molar-refractivity contribution is -0.129. The molecule has 8 nitrogen and oxygen atoms in total. The molecule has 0 radical (unpaired) electrons. The van der Waals surface area contributed by atoms with Gasteiger partial charge in [0.1, 0.15) is 12.4 Å². The fourth-order valence-corrected chi connectivity index (χ4v) is 2.97. The van der Waals surface area contributed by atoms with E-state index in [1.165, 1.54) is 7.05 Å². The minimum absolute atomic E-state index is 0.0973. The standard InChI is InChI=1S/C22H24N2O6/c1-23-22(27)24-20(25)19(15-6-3-2-4-7-15)30-21(26)16-9-11-17(12-10-16)29-14-18-8-5-13-28-18/h2-4,6-7,9-12,18-19H,5,8,13-14H2,1H3,(H2,23,24,25,27)/t18-,19-/m1/s1. The van der Waals surface area contributed by atoms with Gasteiger partial charge in [0, 0.05) is 19.2 Å². The predicted molar refractivity (Wildman–Crippen MR) is 108 cm³/mol. The van der Waals surface area contributed by atoms with Crippen LogP contribution in [0.15, 0.2) is 54.6 Å². The Morgan fingerprint density at radius 1 is 1.10 bits per heavy atom. The van der Waals surface area contributed by atoms with Gasteiger partial charge in [-0.15, -0.1) is 0 Å². The van der Waals surface area contributed by atoms with E-state index in [1.54, 1.807) is 54.6 Å². The van der Waals surface area contributed by atoms with Gasteiger partial charge < -0.3 is 19.5 Å². The van der Waals surface area contributed by atoms with E-state index >= 15 is 0 Å². The summed E-state index contributed by atoms with van der Waals surface area (Å²) in [6, 6.07) is 14.2. The molecule has 1 fully saturated rings. The second-order valence-electron chi connectivity index (χ2n) is 6.73. The molecule has 0 bridgehead atoms. The number of imide groups is 1. The van der Waals surface area contributed by atoms with Gasteiger partial charge in [0.15, 0.2) is 0 Å². The quantitative estimate of drug-likeness (QED) is 0.678. The second-order valence-corrected chi connectivity index (χ2v) is 6.73. The van der Waals surface area contributed by atoms with Crippen LogP contribution in [0.5, 0.6) is 5.75 Å². The number of amides is 3. The van der Waals surface area contributed by atoms with Gasteiger partial charge in [-0.2, -0.15) is 0 Å². The molecule has 1 heterocycles. The van der Waals surface area contributed by atoms with Crippen LogP contribution in [0.1, 0.15) is 34.9 Å². The lowest BCUT2D eigenvalue weighted by Crippen LogP contribution is -2.41. The summed E-state index contributed by atoms with van der Waals surface area (Å²) >= 11 is 0. The van der Waals surface area contributed by atoms with Crippen molar-refractivity contribution in [2.45, 2.75) is 25.0 Å². The summed E-state index contributed by atoms with van der Waals surface area (Å²) in [5.74, 6) is -0.828. The first kappa shape index (κ1) is 21.3. The van der Waals surface area contributed by atoms with Crippen LogP contribution in [0, 0.1) is 0 Å². The SMILES string of the molecule is CNC(=O)NC(=O)[C@H](OC(=O)c1ccc(OC[C@H]2CCCO2)cc1)c1ccccc1. The highest BCUT2D eigenvalue weighted by molar-refractivity contribution is 5.99. The first-order chi connectivity index (χ1) is 14.6. The normalized spacial score (nSPS) is 16.4. The molecule has 2 N–H and O–H groups in total. The fraction of sp³-hybridized carbons (Fsp3) is 0.318. The number of carbonyl (C=O) groups excluding carboxylic acids is 3. The van der Waals surface area contributed by atoms with Gasteiger partial charge >= 0.3 is 12.0 Å². The van der Waals surface area contributed by atoms with Crippen LogP contribution >= 0.6 is 0 Å². The van der Waals surface area contributed by atoms with E-state index in [0.717, 1.165) is 19.4 Å². The zero-order valence-corrected chi connectivity index (χ0v) is 16.6. The van der Waals surface area contributed by atoms with Crippen LogP contribution in [-0.4, -0.2) is 44.3 Å². The van der Waals surface area contributed by atoms with Crippen molar-refractivity contribution in [3.63, 3.8) is 0 Å². The predicted octanol–water partition coefficient (Wildman–Crippen LogP) is 2.60. The summed E-state index contributed by atoms with van der Waals surface area (Å²) in [5, 5.41) is 4.43. The third kappa shape index (κ3) is 5.81. The first-order valence-corrected chi connectivity index (χ1v) is 9.70. The van der Waals surface area contributed by atoms with Gasteiger partial charge in [-0.05, 0) is 37.1 Å². The van der Waals surface area contributed by atoms with Crippen LogP contribution in [-0.2, 0) is 14.3 Å². The number of rotatable bonds is 7. The minimum Gasteiger partial charge on any atom is -0.491 e. The van der Waals surface area contributed by atoms with E-state index in [0.29, 0.717) is 17.9 Å². The van der Waals surface area contributed by atoms with Gasteiger partial charge in [-0.1, -0.05) is 30.3 Å². The Balaban J connectivity index is 1.65. The van der Waals surface area contributed by atoms with Crippen LogP contribution in [0.2, 0.25) is 0 Å². The largest absolute Gasteiger partial charge is 0.491 e. The van der Waals surface area contributed by atoms with Crippen molar-refractivity contribution in [3.05, 3.63) is 65.7 Å². The van der Waals surface area contributed by atoms with E-state index in [9.17, 15) is 14.4 Å². The van der Waals surface area contributed by atoms with Crippen molar-refractivity contribution in [2.75, 3.05) is 20.3 Å². The Labute approximate surface area is 174 Å². The number of urea groups is 1. The smallest absolute Gasteiger partial charge is 0.339 e. The molecule has 2 aromatic rings. The van der Waals surface area contributed by atoms with E-state index in [1.807, 2.05) is 0 Å². The van der Waals surface area contributed by atoms with Crippen LogP contribution in [0.4, 0.5) is 4.79 Å². The van der Waals surface area contributed by atoms with Crippen molar-refractivity contribution >= 4 is 17.9 Å². The molecule has 30 heavy (non-hydrogen) atoms. The van der Waals surface area contributed by atoms with Crippen LogP contribution in [0.3, 0.4) is 0 Å². The highest BCUT2D eigenvalue weighted by Gasteiger charge is 2.27. The summed E-state index contributed by atoms with van der Waals surface area (Å²) in [6.45, 7) is 1.22. The van der Waals surface area contributed by atoms with E-state index in [4.69, 9.17) is 14.2 Å². The number of hydrogen-bond acceptors (Lipinski definition) is 6. The summed E-state index contributed by atoms with van der Waals surface area (Å²) in [4.78, 5) is 36.6. The summed E-state index contributed by atoms with van der Waals surface area (Å²) in [7, 11) is 1.38. The zero-order valence-electron chi connectivity index (χ0n) is 16.6. The number of benzene rings is 2. The van der Waals surface area contributed by atoms with Crippen molar-refractivity contribution in [3.8, 4) is 5.75 Å². The maximum Gasteiger partial charge on any atom is 0.339 e. The van der Waals surface area contributed by atoms with Gasteiger partial charge in [0.2, 0.25) is 6.10 Å². The van der Waals surface area contributed by atoms with Gasteiger partial charge in [-0.25, -0.2) is 9.59 Å². The fourth-order valence-electron chi connectivity index (χ4n) is 2.97. The van der Waals surface area contributed by atoms with Gasteiger partial charge in [0.05, 0.1) is 11.7 Å². The molecule has 8 heteroatoms. The molecule has 0 aliphatic carbocycles. The van der Waals surface area contributed by atoms with Crippen LogP contribution in [0.25, 0.3) is 0 Å². The van der Waals surface area contributed by atoms with Crippen molar-refractivity contribution < 1.29 is 28.6 Å². The lowest BCUT2D eigenvalue weighted by Gasteiger charge is -2.17. The highest BCUT2D eigenvalue weighted by atomic mass is 16.5. The summed E-state index contributed by atoms with van der Waals surface area (Å²) in [6.07, 6.45) is 0.838. The number of esters is 1. The third-order valence-electron chi connectivity index (χ3n) is 4.58. The third-order valence-corrected chi connectivity index (χ3v) is 4.58. The molecule has 158 valence electrons. The van der Waals surface area contributed by atoms with Gasteiger partial charge in [-0.3, -0.25) is 10.1 Å². The molecule has 0 unspecified atom stereocenters. The Bertz CT molecular complexity index is 863. The molecule has 2 atom stereocenters. The molecule has 0 aromatic heterocycles. The maximum absolute atomic E-state index is 12.6. The summed E-state index contributed by atoms with van der Waals surface area (Å²) in [5.41, 5.74) is 0.705. The average molecular weight is 412 g/mol. The Morgan fingerprint density at radius 3 is 2.47 bits per heavy atom. The molecule has 0 saturated carbocycles. The molecule has 2 aromatic carbocycles. The van der Waals surface area contributed by atoms with E-state index in [2.05, 4.69) is 10.6 Å². The van der Waals surface area contributed by atoms with E-state index < -0.39 is 24.0 Å². The lowest BCUT2D eigenvalue weighted by atomic mass is 10.1. The topological polar surface area (TPSA) is 103 Å². The average Bonchev–Trinajstić information content (AvgIpc) is 3.30. The molecular formula is C22H24N2O6. The first-order valence-electron chi connectivity index (χ1n) is 9.70. The maximum atomic E-state index is 12.6. The van der Waals surface area contributed by atoms with E-state index in [-0.39, 0.29) is 11.7 Å². The molecule has 0 spiro atoms. The van der Waals surface area contributed by atoms with Crippen molar-refractivity contribution in [2.24, 2.45) is 0 Å². The number of carbonyl (C=O) groups is 3. The molecular weight excluding hydrogens is 388 g/mol. The second kappa shape index (κ2) is 10.4. The Hall–Kier alpha value is -3.39. The van der Waals surface area contributed by atoms with Crippen molar-refractivity contribution in [1.82, 2.24) is 10.6 Å². The highest BCUT2D eigenvalue weighted by Crippen LogP contribution is 2.21. The number of nitrogens with one attached hydrogen (secondary N) is 2. The Kier molecular flexibility index (Phi) is 7.40. The van der Waals surface area contributed by atoms with Crippen LogP contribution < -0.4 is 15.4 Å². The summed E-state index contributed by atoms with van der Waals surface area (Å²) < 4.78 is 16.6. The van der Waals surface area contributed by atoms with Crippen molar-refractivity contribution in [1.29, 1.82) is 0 Å².